The predicted molar refractivity (Wildman–Crippen MR) is 130 cm³/mol. The maximum Gasteiger partial charge on any atom is 0.328 e. The first-order valence-electron chi connectivity index (χ1n) is 10.5. The van der Waals surface area contributed by atoms with Gasteiger partial charge < -0.3 is 10.1 Å². The van der Waals surface area contributed by atoms with Crippen LogP contribution in [0.3, 0.4) is 0 Å². The van der Waals surface area contributed by atoms with E-state index in [1.807, 2.05) is 60.7 Å². The number of fused-ring (bicyclic) bond motifs is 1. The number of nitrogens with one attached hydrogen (secondary N) is 1. The summed E-state index contributed by atoms with van der Waals surface area (Å²) >= 11 is 0. The van der Waals surface area contributed by atoms with Crippen LogP contribution in [0.15, 0.2) is 95.9 Å². The van der Waals surface area contributed by atoms with Crippen molar-refractivity contribution in [3.8, 4) is 0 Å². The number of allylic oxidation sites excluding steroid dienone is 1. The summed E-state index contributed by atoms with van der Waals surface area (Å²) in [5, 5.41) is 10.4. The Morgan fingerprint density at radius 2 is 1.62 bits per heavy atom. The average molecular weight is 421 g/mol. The van der Waals surface area contributed by atoms with Gasteiger partial charge in [0, 0.05) is 17.7 Å². The van der Waals surface area contributed by atoms with Gasteiger partial charge in [-0.3, -0.25) is 4.79 Å². The van der Waals surface area contributed by atoms with Gasteiger partial charge in [0.2, 0.25) is 0 Å². The van der Waals surface area contributed by atoms with Crippen molar-refractivity contribution in [1.82, 2.24) is 4.98 Å². The number of carboxylic acid groups (broad SMARTS) is 1. The van der Waals surface area contributed by atoms with Crippen molar-refractivity contribution in [2.75, 3.05) is 0 Å². The minimum atomic E-state index is -0.974. The molecule has 0 radical (unpaired) electrons. The van der Waals surface area contributed by atoms with E-state index in [1.54, 1.807) is 12.3 Å². The molecule has 2 N–H and O–H groups in total. The molecular formula is C28H23NO3. The summed E-state index contributed by atoms with van der Waals surface area (Å²) in [6.07, 6.45) is 5.20. The van der Waals surface area contributed by atoms with Gasteiger partial charge in [-0.25, -0.2) is 4.79 Å². The summed E-state index contributed by atoms with van der Waals surface area (Å²) in [7, 11) is 0. The normalized spacial score (nSPS) is 12.2. The largest absolute Gasteiger partial charge is 0.478 e. The monoisotopic (exact) mass is 421 g/mol. The molecule has 0 spiro atoms. The van der Waals surface area contributed by atoms with Crippen molar-refractivity contribution >= 4 is 34.0 Å². The second-order valence-electron chi connectivity index (χ2n) is 7.48. The Hall–Kier alpha value is -4.18. The van der Waals surface area contributed by atoms with Gasteiger partial charge in [-0.1, -0.05) is 67.6 Å². The molecule has 0 fully saturated rings. The van der Waals surface area contributed by atoms with Crippen molar-refractivity contribution in [3.05, 3.63) is 124 Å². The lowest BCUT2D eigenvalue weighted by atomic mass is 9.87. The number of pyridine rings is 1. The van der Waals surface area contributed by atoms with Gasteiger partial charge >= 0.3 is 5.97 Å². The Balaban J connectivity index is 1.93. The van der Waals surface area contributed by atoms with E-state index in [-0.39, 0.29) is 5.56 Å². The van der Waals surface area contributed by atoms with E-state index < -0.39 is 5.97 Å². The highest BCUT2D eigenvalue weighted by atomic mass is 16.4. The zero-order chi connectivity index (χ0) is 22.5. The van der Waals surface area contributed by atoms with E-state index in [4.69, 9.17) is 5.11 Å². The number of hydrogen-bond acceptors (Lipinski definition) is 2. The molecule has 1 heterocycles. The van der Waals surface area contributed by atoms with Gasteiger partial charge in [0.1, 0.15) is 0 Å². The topological polar surface area (TPSA) is 70.2 Å². The second kappa shape index (κ2) is 9.31. The highest BCUT2D eigenvalue weighted by Crippen LogP contribution is 2.35. The number of aliphatic carboxylic acids is 1. The van der Waals surface area contributed by atoms with E-state index in [9.17, 15) is 9.59 Å². The fourth-order valence-electron chi connectivity index (χ4n) is 3.96. The van der Waals surface area contributed by atoms with Crippen LogP contribution in [-0.2, 0) is 4.79 Å². The Kier molecular flexibility index (Phi) is 6.13. The molecule has 4 heteroatoms. The molecule has 158 valence electrons. The number of aromatic amines is 1. The summed E-state index contributed by atoms with van der Waals surface area (Å²) < 4.78 is 0. The Morgan fingerprint density at radius 3 is 2.31 bits per heavy atom. The number of H-pyrrole nitrogens is 1. The van der Waals surface area contributed by atoms with Gasteiger partial charge in [-0.15, -0.1) is 0 Å². The number of benzene rings is 3. The van der Waals surface area contributed by atoms with Gasteiger partial charge in [0.05, 0.1) is 0 Å². The molecule has 32 heavy (non-hydrogen) atoms. The molecule has 0 bridgehead atoms. The van der Waals surface area contributed by atoms with Crippen LogP contribution in [-0.4, -0.2) is 16.1 Å². The number of rotatable bonds is 6. The fourth-order valence-corrected chi connectivity index (χ4v) is 3.96. The summed E-state index contributed by atoms with van der Waals surface area (Å²) in [6, 6.07) is 25.9. The molecule has 4 aromatic rings. The number of carboxylic acids is 1. The maximum atomic E-state index is 12.2. The Morgan fingerprint density at radius 1 is 0.906 bits per heavy atom. The van der Waals surface area contributed by atoms with Crippen LogP contribution < -0.4 is 5.56 Å². The molecule has 0 saturated carbocycles. The molecule has 0 aliphatic carbocycles. The molecule has 3 aromatic carbocycles. The third-order valence-corrected chi connectivity index (χ3v) is 5.46. The molecule has 0 saturated heterocycles. The second-order valence-corrected chi connectivity index (χ2v) is 7.48. The lowest BCUT2D eigenvalue weighted by molar-refractivity contribution is -0.131. The van der Waals surface area contributed by atoms with Crippen LogP contribution in [0, 0.1) is 0 Å². The number of aromatic nitrogens is 1. The molecule has 0 amide bonds. The van der Waals surface area contributed by atoms with Crippen molar-refractivity contribution in [2.24, 2.45) is 0 Å². The van der Waals surface area contributed by atoms with E-state index >= 15 is 0 Å². The van der Waals surface area contributed by atoms with Crippen LogP contribution in [0.25, 0.3) is 28.0 Å². The van der Waals surface area contributed by atoms with Crippen molar-refractivity contribution in [2.45, 2.75) is 13.3 Å². The van der Waals surface area contributed by atoms with Gasteiger partial charge in [-0.2, -0.15) is 0 Å². The van der Waals surface area contributed by atoms with Crippen LogP contribution in [0.4, 0.5) is 0 Å². The first kappa shape index (κ1) is 21.1. The summed E-state index contributed by atoms with van der Waals surface area (Å²) in [5.74, 6) is -0.974. The summed E-state index contributed by atoms with van der Waals surface area (Å²) in [4.78, 5) is 25.7. The van der Waals surface area contributed by atoms with E-state index in [1.165, 1.54) is 5.57 Å². The van der Waals surface area contributed by atoms with Crippen molar-refractivity contribution in [3.63, 3.8) is 0 Å². The molecule has 0 atom stereocenters. The van der Waals surface area contributed by atoms with Gasteiger partial charge in [0.15, 0.2) is 0 Å². The standard InChI is InChI=1S/C28H23NO3/c1-2-24(20-6-4-3-5-7-20)27(21-11-8-19(9-12-21)10-15-26(30)31)23-13-14-25-22(18-23)16-17-29-28(25)32/h3-18H,2H2,1H3,(H,29,32)(H,30,31). The van der Waals surface area contributed by atoms with Crippen LogP contribution in [0.1, 0.15) is 35.6 Å². The highest BCUT2D eigenvalue weighted by molar-refractivity contribution is 6.00. The quantitative estimate of drug-likeness (QED) is 0.296. The third-order valence-electron chi connectivity index (χ3n) is 5.46. The van der Waals surface area contributed by atoms with E-state index in [0.717, 1.165) is 45.7 Å². The van der Waals surface area contributed by atoms with E-state index in [0.29, 0.717) is 5.39 Å². The molecule has 0 unspecified atom stereocenters. The molecular weight excluding hydrogens is 398 g/mol. The SMILES string of the molecule is CCC(=C(c1ccc(C=CC(=O)O)cc1)c1ccc2c(=O)[nH]ccc2c1)c1ccccc1. The van der Waals surface area contributed by atoms with Crippen LogP contribution in [0.2, 0.25) is 0 Å². The zero-order valence-electron chi connectivity index (χ0n) is 17.7. The highest BCUT2D eigenvalue weighted by Gasteiger charge is 2.14. The minimum absolute atomic E-state index is 0.104. The first-order valence-corrected chi connectivity index (χ1v) is 10.5. The third kappa shape index (κ3) is 4.44. The molecule has 0 aliphatic rings. The van der Waals surface area contributed by atoms with Crippen molar-refractivity contribution in [1.29, 1.82) is 0 Å². The minimum Gasteiger partial charge on any atom is -0.478 e. The Labute approximate surface area is 186 Å². The Bertz CT molecular complexity index is 1380. The summed E-state index contributed by atoms with van der Waals surface area (Å²) in [5.41, 5.74) is 6.20. The summed E-state index contributed by atoms with van der Waals surface area (Å²) in [6.45, 7) is 2.14. The number of carbonyl (C=O) groups is 1. The van der Waals surface area contributed by atoms with E-state index in [2.05, 4.69) is 30.1 Å². The maximum absolute atomic E-state index is 12.2. The fraction of sp³-hybridized carbons (Fsp3) is 0.0714. The lowest BCUT2D eigenvalue weighted by Crippen LogP contribution is -2.04. The zero-order valence-corrected chi connectivity index (χ0v) is 17.7. The van der Waals surface area contributed by atoms with Gasteiger partial charge in [-0.05, 0) is 69.5 Å². The number of hydrogen-bond donors (Lipinski definition) is 2. The molecule has 4 rings (SSSR count). The van der Waals surface area contributed by atoms with Crippen LogP contribution in [0.5, 0.6) is 0 Å². The smallest absolute Gasteiger partial charge is 0.328 e. The lowest BCUT2D eigenvalue weighted by Gasteiger charge is -2.17. The first-order chi connectivity index (χ1) is 15.6. The van der Waals surface area contributed by atoms with Crippen molar-refractivity contribution < 1.29 is 9.90 Å². The molecule has 4 nitrogen and oxygen atoms in total. The van der Waals surface area contributed by atoms with Gasteiger partial charge in [0.25, 0.3) is 5.56 Å². The molecule has 1 aromatic heterocycles. The predicted octanol–water partition coefficient (Wildman–Crippen LogP) is 6.00. The molecule has 0 aliphatic heterocycles. The average Bonchev–Trinajstić information content (AvgIpc) is 2.82. The van der Waals surface area contributed by atoms with Crippen LogP contribution >= 0.6 is 0 Å².